The maximum atomic E-state index is 12.7. The van der Waals surface area contributed by atoms with Crippen molar-refractivity contribution in [1.29, 1.82) is 0 Å². The van der Waals surface area contributed by atoms with Crippen LogP contribution in [0, 0.1) is 6.92 Å². The lowest BCUT2D eigenvalue weighted by molar-refractivity contribution is -0.129. The molecule has 1 N–H and O–H groups in total. The smallest absolute Gasteiger partial charge is 0.274 e. The maximum Gasteiger partial charge on any atom is 0.274 e. The first kappa shape index (κ1) is 14.9. The Kier molecular flexibility index (Phi) is 3.55. The standard InChI is InChI=1S/C17H19N5O2/c1-11-7-13(20-19-11)17(24)21-6-4-14-15(21)8-16(23)22(14)10-12-3-2-5-18-9-12/h2-3,5,7,9,14-15H,4,6,8,10H2,1H3,(H,19,20). The first-order valence-corrected chi connectivity index (χ1v) is 8.15. The van der Waals surface area contributed by atoms with Gasteiger partial charge in [0.25, 0.3) is 5.91 Å². The summed E-state index contributed by atoms with van der Waals surface area (Å²) < 4.78 is 0. The molecule has 124 valence electrons. The highest BCUT2D eigenvalue weighted by molar-refractivity contribution is 5.94. The molecule has 0 saturated carbocycles. The van der Waals surface area contributed by atoms with Gasteiger partial charge in [0.05, 0.1) is 12.1 Å². The van der Waals surface area contributed by atoms with Gasteiger partial charge in [0.2, 0.25) is 5.91 Å². The molecule has 7 nitrogen and oxygen atoms in total. The predicted octanol–water partition coefficient (Wildman–Crippen LogP) is 1.13. The third kappa shape index (κ3) is 2.46. The van der Waals surface area contributed by atoms with E-state index in [9.17, 15) is 9.59 Å². The number of H-pyrrole nitrogens is 1. The van der Waals surface area contributed by atoms with Crippen molar-refractivity contribution in [1.82, 2.24) is 25.0 Å². The van der Waals surface area contributed by atoms with Gasteiger partial charge in [0.1, 0.15) is 5.69 Å². The molecule has 24 heavy (non-hydrogen) atoms. The molecule has 2 aromatic heterocycles. The molecular formula is C17H19N5O2. The van der Waals surface area contributed by atoms with E-state index in [1.807, 2.05) is 24.0 Å². The van der Waals surface area contributed by atoms with E-state index in [0.29, 0.717) is 25.2 Å². The summed E-state index contributed by atoms with van der Waals surface area (Å²) in [5.41, 5.74) is 2.29. The van der Waals surface area contributed by atoms with E-state index in [-0.39, 0.29) is 23.9 Å². The van der Waals surface area contributed by atoms with Crippen molar-refractivity contribution in [2.24, 2.45) is 0 Å². The summed E-state index contributed by atoms with van der Waals surface area (Å²) in [6, 6.07) is 5.62. The molecule has 2 amide bonds. The largest absolute Gasteiger partial charge is 0.333 e. The zero-order valence-electron chi connectivity index (χ0n) is 13.5. The number of carbonyl (C=O) groups excluding carboxylic acids is 2. The van der Waals surface area contributed by atoms with Crippen molar-refractivity contribution in [3.8, 4) is 0 Å². The van der Waals surface area contributed by atoms with Gasteiger partial charge in [-0.05, 0) is 31.0 Å². The summed E-state index contributed by atoms with van der Waals surface area (Å²) in [5.74, 6) is 0.00689. The molecule has 0 radical (unpaired) electrons. The Morgan fingerprint density at radius 2 is 2.29 bits per heavy atom. The van der Waals surface area contributed by atoms with Gasteiger partial charge in [-0.25, -0.2) is 0 Å². The van der Waals surface area contributed by atoms with Crippen molar-refractivity contribution in [3.63, 3.8) is 0 Å². The van der Waals surface area contributed by atoms with Crippen LogP contribution in [0.2, 0.25) is 0 Å². The number of nitrogens with zero attached hydrogens (tertiary/aromatic N) is 4. The van der Waals surface area contributed by atoms with Crippen molar-refractivity contribution >= 4 is 11.8 Å². The van der Waals surface area contributed by atoms with E-state index < -0.39 is 0 Å². The summed E-state index contributed by atoms with van der Waals surface area (Å²) in [4.78, 5) is 32.9. The second kappa shape index (κ2) is 5.74. The molecule has 4 heterocycles. The molecule has 0 aliphatic carbocycles. The number of amides is 2. The van der Waals surface area contributed by atoms with E-state index in [0.717, 1.165) is 17.7 Å². The van der Waals surface area contributed by atoms with Crippen LogP contribution in [0.5, 0.6) is 0 Å². The highest BCUT2D eigenvalue weighted by atomic mass is 16.2. The highest BCUT2D eigenvalue weighted by Crippen LogP contribution is 2.34. The number of rotatable bonds is 3. The molecule has 7 heteroatoms. The maximum absolute atomic E-state index is 12.7. The molecule has 0 aromatic carbocycles. The van der Waals surface area contributed by atoms with Crippen molar-refractivity contribution in [2.45, 2.75) is 38.4 Å². The second-order valence-electron chi connectivity index (χ2n) is 6.45. The molecular weight excluding hydrogens is 306 g/mol. The van der Waals surface area contributed by atoms with Gasteiger partial charge >= 0.3 is 0 Å². The summed E-state index contributed by atoms with van der Waals surface area (Å²) >= 11 is 0. The first-order chi connectivity index (χ1) is 11.6. The van der Waals surface area contributed by atoms with Crippen LogP contribution < -0.4 is 0 Å². The van der Waals surface area contributed by atoms with Gasteiger partial charge < -0.3 is 9.80 Å². The number of aromatic amines is 1. The van der Waals surface area contributed by atoms with Crippen LogP contribution in [-0.2, 0) is 11.3 Å². The van der Waals surface area contributed by atoms with Crippen molar-refractivity contribution < 1.29 is 9.59 Å². The number of hydrogen-bond donors (Lipinski definition) is 1. The van der Waals surface area contributed by atoms with Crippen LogP contribution in [0.4, 0.5) is 0 Å². The topological polar surface area (TPSA) is 82.2 Å². The lowest BCUT2D eigenvalue weighted by Crippen LogP contribution is -2.39. The van der Waals surface area contributed by atoms with E-state index in [4.69, 9.17) is 0 Å². The van der Waals surface area contributed by atoms with Gasteiger partial charge in [0.15, 0.2) is 0 Å². The quantitative estimate of drug-likeness (QED) is 0.917. The molecule has 0 bridgehead atoms. The van der Waals surface area contributed by atoms with Crippen LogP contribution in [0.3, 0.4) is 0 Å². The van der Waals surface area contributed by atoms with E-state index in [1.54, 1.807) is 23.4 Å². The Morgan fingerprint density at radius 3 is 3.00 bits per heavy atom. The Bertz CT molecular complexity index is 772. The summed E-state index contributed by atoms with van der Waals surface area (Å²) in [5, 5.41) is 6.86. The molecule has 2 fully saturated rings. The zero-order valence-corrected chi connectivity index (χ0v) is 13.5. The molecule has 0 spiro atoms. The average Bonchev–Trinajstić information content (AvgIpc) is 3.26. The lowest BCUT2D eigenvalue weighted by Gasteiger charge is -2.25. The third-order valence-corrected chi connectivity index (χ3v) is 4.88. The minimum absolute atomic E-state index is 0.0568. The summed E-state index contributed by atoms with van der Waals surface area (Å²) in [6.45, 7) is 3.08. The molecule has 4 rings (SSSR count). The summed E-state index contributed by atoms with van der Waals surface area (Å²) in [6.07, 6.45) is 4.71. The van der Waals surface area contributed by atoms with E-state index >= 15 is 0 Å². The number of fused-ring (bicyclic) bond motifs is 1. The van der Waals surface area contributed by atoms with Gasteiger partial charge in [-0.15, -0.1) is 0 Å². The highest BCUT2D eigenvalue weighted by Gasteiger charge is 2.48. The van der Waals surface area contributed by atoms with Crippen LogP contribution in [0.15, 0.2) is 30.6 Å². The zero-order chi connectivity index (χ0) is 16.7. The summed E-state index contributed by atoms with van der Waals surface area (Å²) in [7, 11) is 0. The molecule has 2 unspecified atom stereocenters. The fourth-order valence-corrected chi connectivity index (χ4v) is 3.75. The molecule has 2 aromatic rings. The molecule has 2 aliphatic heterocycles. The Labute approximate surface area is 139 Å². The van der Waals surface area contributed by atoms with Gasteiger partial charge in [-0.2, -0.15) is 5.10 Å². The fraction of sp³-hybridized carbons (Fsp3) is 0.412. The number of likely N-dealkylation sites (tertiary alicyclic amines) is 2. The number of aryl methyl sites for hydroxylation is 1. The number of hydrogen-bond acceptors (Lipinski definition) is 4. The lowest BCUT2D eigenvalue weighted by atomic mass is 10.1. The van der Waals surface area contributed by atoms with Crippen LogP contribution in [0.1, 0.15) is 34.6 Å². The monoisotopic (exact) mass is 325 g/mol. The van der Waals surface area contributed by atoms with Crippen molar-refractivity contribution in [2.75, 3.05) is 6.54 Å². The van der Waals surface area contributed by atoms with E-state index in [2.05, 4.69) is 15.2 Å². The minimum atomic E-state index is -0.0946. The number of pyridine rings is 1. The van der Waals surface area contributed by atoms with Crippen LogP contribution in [-0.4, -0.2) is 55.4 Å². The predicted molar refractivity (Wildman–Crippen MR) is 86.0 cm³/mol. The Hall–Kier alpha value is -2.70. The minimum Gasteiger partial charge on any atom is -0.333 e. The molecule has 2 saturated heterocycles. The van der Waals surface area contributed by atoms with E-state index in [1.165, 1.54) is 0 Å². The van der Waals surface area contributed by atoms with Gasteiger partial charge in [0, 0.05) is 37.6 Å². The normalized spacial score (nSPS) is 23.0. The van der Waals surface area contributed by atoms with Crippen molar-refractivity contribution in [3.05, 3.63) is 47.5 Å². The molecule has 2 atom stereocenters. The SMILES string of the molecule is Cc1cc(C(=O)N2CCC3C2CC(=O)N3Cc2cccnc2)n[nH]1. The van der Waals surface area contributed by atoms with Gasteiger partial charge in [-0.3, -0.25) is 19.7 Å². The molecule has 2 aliphatic rings. The van der Waals surface area contributed by atoms with Gasteiger partial charge in [-0.1, -0.05) is 6.07 Å². The van der Waals surface area contributed by atoms with Crippen LogP contribution in [0.25, 0.3) is 0 Å². The number of carbonyl (C=O) groups is 2. The first-order valence-electron chi connectivity index (χ1n) is 8.15. The number of aromatic nitrogens is 3. The second-order valence-corrected chi connectivity index (χ2v) is 6.45. The van der Waals surface area contributed by atoms with Crippen LogP contribution >= 0.6 is 0 Å². The third-order valence-electron chi connectivity index (χ3n) is 4.88. The number of nitrogens with one attached hydrogen (secondary N) is 1. The fourth-order valence-electron chi connectivity index (χ4n) is 3.75. The Balaban J connectivity index is 1.52. The average molecular weight is 325 g/mol. The Morgan fingerprint density at radius 1 is 1.42 bits per heavy atom.